The number of aliphatic hydroxyl groups is 1. The van der Waals surface area contributed by atoms with E-state index < -0.39 is 17.7 Å². The highest BCUT2D eigenvalue weighted by atomic mass is 19.2. The van der Waals surface area contributed by atoms with Crippen LogP contribution in [0.1, 0.15) is 30.6 Å². The summed E-state index contributed by atoms with van der Waals surface area (Å²) in [5.74, 6) is -1.18. The molecular weight excluding hydrogens is 274 g/mol. The Balaban J connectivity index is 2.15. The van der Waals surface area contributed by atoms with Gasteiger partial charge in [-0.1, -0.05) is 31.2 Å². The molecule has 0 saturated heterocycles. The highest BCUT2D eigenvalue weighted by molar-refractivity contribution is 5.36. The Morgan fingerprint density at radius 3 is 2.57 bits per heavy atom. The molecule has 1 atom stereocenters. The fourth-order valence-electron chi connectivity index (χ4n) is 2.10. The van der Waals surface area contributed by atoms with Crippen LogP contribution in [0.15, 0.2) is 42.5 Å². The molecule has 2 aromatic rings. The second-order valence-electron chi connectivity index (χ2n) is 4.85. The van der Waals surface area contributed by atoms with Crippen LogP contribution in [-0.2, 0) is 6.42 Å². The summed E-state index contributed by atoms with van der Waals surface area (Å²) in [7, 11) is 0. The van der Waals surface area contributed by atoms with Gasteiger partial charge in [-0.3, -0.25) is 0 Å². The van der Waals surface area contributed by atoms with Crippen LogP contribution in [-0.4, -0.2) is 11.7 Å². The predicted octanol–water partition coefficient (Wildman–Crippen LogP) is 4.03. The van der Waals surface area contributed by atoms with E-state index in [-0.39, 0.29) is 6.42 Å². The van der Waals surface area contributed by atoms with Crippen molar-refractivity contribution in [2.75, 3.05) is 6.61 Å². The first-order valence-corrected chi connectivity index (χ1v) is 6.95. The van der Waals surface area contributed by atoms with Crippen LogP contribution in [0.3, 0.4) is 0 Å². The highest BCUT2D eigenvalue weighted by Gasteiger charge is 2.14. The molecule has 0 heterocycles. The Morgan fingerprint density at radius 1 is 1.10 bits per heavy atom. The number of hydrogen-bond acceptors (Lipinski definition) is 2. The van der Waals surface area contributed by atoms with Crippen LogP contribution in [0.4, 0.5) is 8.78 Å². The summed E-state index contributed by atoms with van der Waals surface area (Å²) in [6, 6.07) is 10.8. The molecule has 0 fully saturated rings. The van der Waals surface area contributed by atoms with Crippen LogP contribution >= 0.6 is 0 Å². The van der Waals surface area contributed by atoms with Gasteiger partial charge in [0.05, 0.1) is 12.7 Å². The van der Waals surface area contributed by atoms with E-state index in [2.05, 4.69) is 0 Å². The Kier molecular flexibility index (Phi) is 5.28. The molecule has 112 valence electrons. The lowest BCUT2D eigenvalue weighted by Gasteiger charge is -2.16. The van der Waals surface area contributed by atoms with Crippen molar-refractivity contribution in [2.45, 2.75) is 25.9 Å². The van der Waals surface area contributed by atoms with Crippen LogP contribution in [0.2, 0.25) is 0 Å². The molecule has 2 rings (SSSR count). The minimum absolute atomic E-state index is 0.198. The first-order chi connectivity index (χ1) is 10.1. The average molecular weight is 292 g/mol. The normalized spacial score (nSPS) is 12.2. The van der Waals surface area contributed by atoms with Crippen molar-refractivity contribution < 1.29 is 18.6 Å². The number of hydrogen-bond donors (Lipinski definition) is 1. The fraction of sp³-hybridized carbons (Fsp3) is 0.294. The van der Waals surface area contributed by atoms with Gasteiger partial charge in [0.1, 0.15) is 5.75 Å². The highest BCUT2D eigenvalue weighted by Crippen LogP contribution is 2.28. The molecule has 0 aliphatic heterocycles. The van der Waals surface area contributed by atoms with Crippen LogP contribution < -0.4 is 4.74 Å². The average Bonchev–Trinajstić information content (AvgIpc) is 2.49. The Hall–Kier alpha value is -1.94. The summed E-state index contributed by atoms with van der Waals surface area (Å²) >= 11 is 0. The number of halogens is 2. The minimum Gasteiger partial charge on any atom is -0.493 e. The molecule has 0 bridgehead atoms. The zero-order chi connectivity index (χ0) is 15.2. The van der Waals surface area contributed by atoms with Gasteiger partial charge in [-0.2, -0.15) is 0 Å². The van der Waals surface area contributed by atoms with E-state index in [4.69, 9.17) is 4.74 Å². The molecule has 2 aromatic carbocycles. The quantitative estimate of drug-likeness (QED) is 0.871. The maximum atomic E-state index is 13.2. The van der Waals surface area contributed by atoms with Crippen molar-refractivity contribution in [3.05, 3.63) is 65.2 Å². The van der Waals surface area contributed by atoms with Gasteiger partial charge in [-0.25, -0.2) is 8.78 Å². The van der Waals surface area contributed by atoms with Gasteiger partial charge in [0.15, 0.2) is 11.6 Å². The molecule has 1 unspecified atom stereocenters. The second kappa shape index (κ2) is 7.18. The van der Waals surface area contributed by atoms with Crippen LogP contribution in [0.25, 0.3) is 0 Å². The number of rotatable bonds is 6. The number of benzene rings is 2. The lowest BCUT2D eigenvalue weighted by molar-refractivity contribution is 0.171. The largest absolute Gasteiger partial charge is 0.493 e. The molecule has 21 heavy (non-hydrogen) atoms. The van der Waals surface area contributed by atoms with Crippen molar-refractivity contribution in [2.24, 2.45) is 0 Å². The minimum atomic E-state index is -0.907. The Labute approximate surface area is 123 Å². The van der Waals surface area contributed by atoms with Crippen molar-refractivity contribution in [1.29, 1.82) is 0 Å². The summed E-state index contributed by atoms with van der Waals surface area (Å²) < 4.78 is 31.7. The zero-order valence-corrected chi connectivity index (χ0v) is 11.9. The Bertz CT molecular complexity index is 599. The molecular formula is C17H18F2O2. The summed E-state index contributed by atoms with van der Waals surface area (Å²) in [4.78, 5) is 0. The third-order valence-corrected chi connectivity index (χ3v) is 3.15. The van der Waals surface area contributed by atoms with Gasteiger partial charge >= 0.3 is 0 Å². The van der Waals surface area contributed by atoms with Gasteiger partial charge in [-0.15, -0.1) is 0 Å². The summed E-state index contributed by atoms with van der Waals surface area (Å²) in [6.45, 7) is 2.56. The van der Waals surface area contributed by atoms with E-state index in [1.54, 1.807) is 12.1 Å². The summed E-state index contributed by atoms with van der Waals surface area (Å²) in [6.07, 6.45) is 0.236. The molecule has 0 aliphatic carbocycles. The van der Waals surface area contributed by atoms with E-state index in [1.165, 1.54) is 6.07 Å². The third kappa shape index (κ3) is 4.02. The standard InChI is InChI=1S/C17H18F2O2/c1-2-9-21-17-6-4-3-5-13(17)16(20)11-12-7-8-14(18)15(19)10-12/h3-8,10,16,20H,2,9,11H2,1H3. The van der Waals surface area contributed by atoms with E-state index >= 15 is 0 Å². The maximum absolute atomic E-state index is 13.2. The predicted molar refractivity (Wildman–Crippen MR) is 77.2 cm³/mol. The molecule has 0 spiro atoms. The molecule has 4 heteroatoms. The SMILES string of the molecule is CCCOc1ccccc1C(O)Cc1ccc(F)c(F)c1. The summed E-state index contributed by atoms with van der Waals surface area (Å²) in [5.41, 5.74) is 1.18. The smallest absolute Gasteiger partial charge is 0.159 e. The molecule has 0 amide bonds. The number of aliphatic hydroxyl groups excluding tert-OH is 1. The summed E-state index contributed by atoms with van der Waals surface area (Å²) in [5, 5.41) is 10.3. The van der Waals surface area contributed by atoms with Gasteiger partial charge < -0.3 is 9.84 Å². The monoisotopic (exact) mass is 292 g/mol. The zero-order valence-electron chi connectivity index (χ0n) is 11.9. The molecule has 0 radical (unpaired) electrons. The number of ether oxygens (including phenoxy) is 1. The van der Waals surface area contributed by atoms with E-state index in [1.807, 2.05) is 19.1 Å². The van der Waals surface area contributed by atoms with Gasteiger partial charge in [0.25, 0.3) is 0 Å². The van der Waals surface area contributed by atoms with Gasteiger partial charge in [-0.05, 0) is 30.2 Å². The second-order valence-corrected chi connectivity index (χ2v) is 4.85. The maximum Gasteiger partial charge on any atom is 0.159 e. The van der Waals surface area contributed by atoms with Crippen molar-refractivity contribution in [3.8, 4) is 5.75 Å². The topological polar surface area (TPSA) is 29.5 Å². The van der Waals surface area contributed by atoms with E-state index in [0.29, 0.717) is 23.5 Å². The lowest BCUT2D eigenvalue weighted by atomic mass is 10.0. The van der Waals surface area contributed by atoms with Crippen molar-refractivity contribution >= 4 is 0 Å². The van der Waals surface area contributed by atoms with E-state index in [9.17, 15) is 13.9 Å². The van der Waals surface area contributed by atoms with Crippen molar-refractivity contribution in [3.63, 3.8) is 0 Å². The molecule has 0 aliphatic rings. The number of para-hydroxylation sites is 1. The Morgan fingerprint density at radius 2 is 1.86 bits per heavy atom. The molecule has 2 nitrogen and oxygen atoms in total. The molecule has 1 N–H and O–H groups in total. The first kappa shape index (κ1) is 15.4. The molecule has 0 saturated carbocycles. The van der Waals surface area contributed by atoms with E-state index in [0.717, 1.165) is 18.6 Å². The fourth-order valence-corrected chi connectivity index (χ4v) is 2.10. The van der Waals surface area contributed by atoms with Gasteiger partial charge in [0.2, 0.25) is 0 Å². The van der Waals surface area contributed by atoms with Gasteiger partial charge in [0, 0.05) is 12.0 Å². The van der Waals surface area contributed by atoms with Crippen LogP contribution in [0, 0.1) is 11.6 Å². The van der Waals surface area contributed by atoms with Crippen molar-refractivity contribution in [1.82, 2.24) is 0 Å². The molecule has 0 aromatic heterocycles. The van der Waals surface area contributed by atoms with Crippen LogP contribution in [0.5, 0.6) is 5.75 Å². The third-order valence-electron chi connectivity index (χ3n) is 3.15. The lowest BCUT2D eigenvalue weighted by Crippen LogP contribution is -2.06. The first-order valence-electron chi connectivity index (χ1n) is 6.95.